The Morgan fingerprint density at radius 3 is 2.67 bits per heavy atom. The Hall–Kier alpha value is -3.12. The highest BCUT2D eigenvalue weighted by atomic mass is 32.1. The number of aromatic nitrogens is 3. The molecule has 2 aromatic heterocycles. The summed E-state index contributed by atoms with van der Waals surface area (Å²) < 4.78 is 18.2. The molecule has 0 aromatic carbocycles. The van der Waals surface area contributed by atoms with Gasteiger partial charge in [0.05, 0.1) is 16.8 Å². The van der Waals surface area contributed by atoms with Gasteiger partial charge >= 0.3 is 16.8 Å². The summed E-state index contributed by atoms with van der Waals surface area (Å²) in [5.74, 6) is -2.14. The highest BCUT2D eigenvalue weighted by Gasteiger charge is 2.48. The molecule has 0 spiro atoms. The Bertz CT molecular complexity index is 1080. The minimum absolute atomic E-state index is 0.0316. The molecule has 0 bridgehead atoms. The van der Waals surface area contributed by atoms with Crippen LogP contribution in [-0.2, 0) is 28.6 Å². The van der Waals surface area contributed by atoms with Crippen molar-refractivity contribution in [1.82, 2.24) is 14.5 Å². The number of thiazole rings is 1. The molecule has 30 heavy (non-hydrogen) atoms. The number of carbonyl (C=O) groups excluding carboxylic acids is 3. The molecule has 2 aromatic rings. The molecule has 2 N–H and O–H groups in total. The Morgan fingerprint density at radius 2 is 2.03 bits per heavy atom. The van der Waals surface area contributed by atoms with Crippen molar-refractivity contribution in [1.29, 1.82) is 0 Å². The Morgan fingerprint density at radius 1 is 1.30 bits per heavy atom. The van der Waals surface area contributed by atoms with Crippen molar-refractivity contribution in [2.45, 2.75) is 39.2 Å². The molecular formula is C18H20N4O7S. The lowest BCUT2D eigenvalue weighted by atomic mass is 9.98. The lowest BCUT2D eigenvalue weighted by Crippen LogP contribution is -2.35. The van der Waals surface area contributed by atoms with E-state index in [9.17, 15) is 19.2 Å². The minimum Gasteiger partial charge on any atom is -0.463 e. The van der Waals surface area contributed by atoms with Crippen LogP contribution in [0.3, 0.4) is 0 Å². The van der Waals surface area contributed by atoms with Crippen LogP contribution in [0.15, 0.2) is 23.1 Å². The largest absolute Gasteiger partial charge is 0.463 e. The van der Waals surface area contributed by atoms with Crippen LogP contribution in [0.2, 0.25) is 0 Å². The molecule has 1 saturated heterocycles. The molecule has 1 aliphatic heterocycles. The molecule has 160 valence electrons. The van der Waals surface area contributed by atoms with Gasteiger partial charge in [-0.1, -0.05) is 17.4 Å². The van der Waals surface area contributed by atoms with Crippen molar-refractivity contribution in [3.8, 4) is 0 Å². The third-order valence-corrected chi connectivity index (χ3v) is 5.21. The first-order valence-corrected chi connectivity index (χ1v) is 9.77. The van der Waals surface area contributed by atoms with Gasteiger partial charge in [0.2, 0.25) is 5.95 Å². The zero-order valence-electron chi connectivity index (χ0n) is 16.4. The highest BCUT2D eigenvalue weighted by Crippen LogP contribution is 2.39. The van der Waals surface area contributed by atoms with E-state index in [1.807, 2.05) is 0 Å². The van der Waals surface area contributed by atoms with Crippen LogP contribution in [0.1, 0.15) is 27.0 Å². The fourth-order valence-corrected chi connectivity index (χ4v) is 4.01. The van der Waals surface area contributed by atoms with Crippen molar-refractivity contribution in [3.05, 3.63) is 28.0 Å². The zero-order chi connectivity index (χ0) is 22.0. The van der Waals surface area contributed by atoms with E-state index in [0.717, 1.165) is 11.3 Å². The van der Waals surface area contributed by atoms with Gasteiger partial charge in [-0.05, 0) is 13.0 Å². The number of ether oxygens (including phenoxy) is 3. The van der Waals surface area contributed by atoms with Gasteiger partial charge in [0.15, 0.2) is 11.4 Å². The second-order valence-corrected chi connectivity index (χ2v) is 7.64. The molecule has 0 amide bonds. The molecule has 0 radical (unpaired) electrons. The van der Waals surface area contributed by atoms with Crippen LogP contribution >= 0.6 is 11.3 Å². The van der Waals surface area contributed by atoms with Gasteiger partial charge in [-0.2, -0.15) is 4.98 Å². The van der Waals surface area contributed by atoms with Crippen molar-refractivity contribution in [3.63, 3.8) is 0 Å². The number of nitrogens with two attached hydrogens (primary N) is 1. The first-order valence-electron chi connectivity index (χ1n) is 8.95. The number of fused-ring (bicyclic) bond motifs is 1. The number of ketones is 1. The van der Waals surface area contributed by atoms with Gasteiger partial charge in [-0.15, -0.1) is 0 Å². The summed E-state index contributed by atoms with van der Waals surface area (Å²) in [6, 6.07) is 0. The molecule has 3 heterocycles. The summed E-state index contributed by atoms with van der Waals surface area (Å²) >= 11 is 0.898. The number of nitrogen functional groups attached to an aromatic ring is 1. The number of hydrogen-bond acceptors (Lipinski definition) is 11. The third-order valence-electron chi connectivity index (χ3n) is 4.33. The lowest BCUT2D eigenvalue weighted by Gasteiger charge is -2.21. The average Bonchev–Trinajstić information content (AvgIpc) is 3.13. The molecule has 1 aliphatic rings. The van der Waals surface area contributed by atoms with Crippen LogP contribution in [-0.4, -0.2) is 51.1 Å². The third kappa shape index (κ3) is 4.54. The Labute approximate surface area is 174 Å². The second kappa shape index (κ2) is 8.71. The molecule has 0 unspecified atom stereocenters. The molecule has 12 heteroatoms. The van der Waals surface area contributed by atoms with E-state index in [1.54, 1.807) is 0 Å². The molecular weight excluding hydrogens is 416 g/mol. The molecule has 4 atom stereocenters. The topological polar surface area (TPSA) is 153 Å². The number of anilines is 1. The zero-order valence-corrected chi connectivity index (χ0v) is 17.3. The van der Waals surface area contributed by atoms with Gasteiger partial charge in [0.1, 0.15) is 25.0 Å². The average molecular weight is 436 g/mol. The number of nitrogens with zero attached hydrogens (tertiary/aromatic N) is 3. The van der Waals surface area contributed by atoms with Gasteiger partial charge in [-0.25, -0.2) is 4.98 Å². The van der Waals surface area contributed by atoms with Gasteiger partial charge in [-0.3, -0.25) is 23.7 Å². The lowest BCUT2D eigenvalue weighted by molar-refractivity contribution is -0.155. The normalized spacial score (nSPS) is 23.7. The maximum Gasteiger partial charge on any atom is 0.311 e. The number of carbonyl (C=O) groups is 3. The highest BCUT2D eigenvalue weighted by molar-refractivity contribution is 7.16. The molecule has 1 fully saturated rings. The quantitative estimate of drug-likeness (QED) is 0.503. The number of hydrogen-bond donors (Lipinski definition) is 1. The van der Waals surface area contributed by atoms with Gasteiger partial charge in [0, 0.05) is 13.8 Å². The van der Waals surface area contributed by atoms with E-state index in [0.29, 0.717) is 4.70 Å². The SMILES string of the molecule is CC(=O)/C=C/[C@@H]1[C@@H](OC(C)=O)[C@@H](COC(C)=O)O[C@H]1n1c(=O)sc2cnc(N)nc21. The Balaban J connectivity index is 2.10. The number of allylic oxidation sites excluding steroid dienone is 1. The summed E-state index contributed by atoms with van der Waals surface area (Å²) in [4.78, 5) is 54.9. The summed E-state index contributed by atoms with van der Waals surface area (Å²) in [6.07, 6.45) is 1.47. The Kier molecular flexibility index (Phi) is 6.27. The maximum atomic E-state index is 12.7. The van der Waals surface area contributed by atoms with Crippen LogP contribution in [0.25, 0.3) is 10.3 Å². The minimum atomic E-state index is -0.985. The fraction of sp³-hybridized carbons (Fsp3) is 0.444. The maximum absolute atomic E-state index is 12.7. The standard InChI is InChI=1S/C18H20N4O7S/c1-8(23)4-5-11-14(28-10(3)25)12(7-27-9(2)24)29-16(11)22-15-13(30-18(22)26)6-20-17(19)21-15/h4-6,11-12,14,16H,7H2,1-3H3,(H2,19,20,21)/b5-4+/t11-,12-,14-,16-/m1/s1. The van der Waals surface area contributed by atoms with Crippen molar-refractivity contribution < 1.29 is 28.6 Å². The summed E-state index contributed by atoms with van der Waals surface area (Å²) in [5, 5.41) is 0. The van der Waals surface area contributed by atoms with E-state index in [1.165, 1.54) is 43.7 Å². The smallest absolute Gasteiger partial charge is 0.311 e. The van der Waals surface area contributed by atoms with Crippen LogP contribution in [0.4, 0.5) is 5.95 Å². The van der Waals surface area contributed by atoms with E-state index in [2.05, 4.69) is 9.97 Å². The van der Waals surface area contributed by atoms with Crippen molar-refractivity contribution in [2.24, 2.45) is 5.92 Å². The summed E-state index contributed by atoms with van der Waals surface area (Å²) in [5.41, 5.74) is 5.92. The predicted octanol–water partition coefficient (Wildman–Crippen LogP) is 0.589. The number of esters is 2. The summed E-state index contributed by atoms with van der Waals surface area (Å²) in [6.45, 7) is 3.61. The fourth-order valence-electron chi connectivity index (χ4n) is 3.19. The molecule has 0 aliphatic carbocycles. The van der Waals surface area contributed by atoms with Crippen molar-refractivity contribution >= 4 is 45.4 Å². The van der Waals surface area contributed by atoms with Crippen molar-refractivity contribution in [2.75, 3.05) is 12.3 Å². The first-order chi connectivity index (χ1) is 14.2. The van der Waals surface area contributed by atoms with E-state index in [-0.39, 0.29) is 24.0 Å². The number of rotatable bonds is 6. The predicted molar refractivity (Wildman–Crippen MR) is 105 cm³/mol. The molecule has 11 nitrogen and oxygen atoms in total. The molecule has 3 rings (SSSR count). The van der Waals surface area contributed by atoms with Crippen LogP contribution in [0, 0.1) is 5.92 Å². The second-order valence-electron chi connectivity index (χ2n) is 6.64. The van der Waals surface area contributed by atoms with Crippen LogP contribution < -0.4 is 10.6 Å². The van der Waals surface area contributed by atoms with E-state index in [4.69, 9.17) is 19.9 Å². The van der Waals surface area contributed by atoms with E-state index < -0.39 is 41.2 Å². The summed E-state index contributed by atoms with van der Waals surface area (Å²) in [7, 11) is 0. The van der Waals surface area contributed by atoms with Gasteiger partial charge in [0.25, 0.3) is 0 Å². The van der Waals surface area contributed by atoms with E-state index >= 15 is 0 Å². The van der Waals surface area contributed by atoms with Crippen LogP contribution in [0.5, 0.6) is 0 Å². The first kappa shape index (κ1) is 21.6. The molecule has 0 saturated carbocycles. The monoisotopic (exact) mass is 436 g/mol. The van der Waals surface area contributed by atoms with Gasteiger partial charge < -0.3 is 19.9 Å².